The largest absolute Gasteiger partial charge is 0.493 e. The van der Waals surface area contributed by atoms with Crippen molar-refractivity contribution in [2.24, 2.45) is 0 Å². The Bertz CT molecular complexity index is 491. The Kier molecular flexibility index (Phi) is 5.83. The first-order valence-electron chi connectivity index (χ1n) is 5.97. The number of alkyl halides is 3. The van der Waals surface area contributed by atoms with Crippen molar-refractivity contribution in [2.75, 3.05) is 27.3 Å². The summed E-state index contributed by atoms with van der Waals surface area (Å²) in [6.07, 6.45) is -4.47. The van der Waals surface area contributed by atoms with Crippen LogP contribution in [0.5, 0.6) is 11.5 Å². The van der Waals surface area contributed by atoms with Crippen LogP contribution in [0.4, 0.5) is 13.2 Å². The number of ether oxygens (including phenoxy) is 2. The van der Waals surface area contributed by atoms with E-state index < -0.39 is 25.2 Å². The molecule has 0 radical (unpaired) electrons. The fraction of sp³-hybridized carbons (Fsp3) is 0.462. The van der Waals surface area contributed by atoms with Crippen LogP contribution < -0.4 is 9.47 Å². The van der Waals surface area contributed by atoms with E-state index in [2.05, 4.69) is 0 Å². The molecule has 0 unspecified atom stereocenters. The van der Waals surface area contributed by atoms with Gasteiger partial charge in [0.15, 0.2) is 11.5 Å². The molecule has 0 fully saturated rings. The lowest BCUT2D eigenvalue weighted by atomic mass is 10.2. The van der Waals surface area contributed by atoms with Gasteiger partial charge in [0.1, 0.15) is 0 Å². The molecule has 1 aromatic rings. The zero-order chi connectivity index (χ0) is 16.0. The van der Waals surface area contributed by atoms with Gasteiger partial charge in [0.25, 0.3) is 0 Å². The number of hydrogen-bond donors (Lipinski definition) is 1. The minimum Gasteiger partial charge on any atom is -0.493 e. The predicted molar refractivity (Wildman–Crippen MR) is 68.5 cm³/mol. The molecule has 118 valence electrons. The fourth-order valence-corrected chi connectivity index (χ4v) is 1.85. The van der Waals surface area contributed by atoms with E-state index in [0.717, 1.165) is 4.90 Å². The molecular formula is C13H16F3NO4. The van der Waals surface area contributed by atoms with Crippen LogP contribution in [0.2, 0.25) is 0 Å². The molecular weight excluding hydrogens is 291 g/mol. The predicted octanol–water partition coefficient (Wildman–Crippen LogP) is 2.15. The van der Waals surface area contributed by atoms with Gasteiger partial charge >= 0.3 is 12.1 Å². The summed E-state index contributed by atoms with van der Waals surface area (Å²) in [5, 5.41) is 8.69. The third kappa shape index (κ3) is 5.90. The van der Waals surface area contributed by atoms with Crippen molar-refractivity contribution in [3.05, 3.63) is 23.8 Å². The Morgan fingerprint density at radius 3 is 2.33 bits per heavy atom. The molecule has 8 heteroatoms. The molecule has 0 heterocycles. The van der Waals surface area contributed by atoms with Gasteiger partial charge in [0.2, 0.25) is 0 Å². The number of benzene rings is 1. The van der Waals surface area contributed by atoms with Crippen LogP contribution in [-0.2, 0) is 11.3 Å². The standard InChI is InChI=1S/C13H16F3NO4/c1-20-10-4-3-9(5-11(10)21-2)6-17(7-12(18)19)8-13(14,15)16/h3-5H,6-8H2,1-2H3,(H,18,19). The van der Waals surface area contributed by atoms with Gasteiger partial charge < -0.3 is 14.6 Å². The van der Waals surface area contributed by atoms with E-state index in [0.29, 0.717) is 17.1 Å². The molecule has 1 rings (SSSR count). The van der Waals surface area contributed by atoms with E-state index in [1.165, 1.54) is 20.3 Å². The summed E-state index contributed by atoms with van der Waals surface area (Å²) in [6.45, 7) is -2.16. The second kappa shape index (κ2) is 7.16. The highest BCUT2D eigenvalue weighted by molar-refractivity contribution is 5.69. The number of halogens is 3. The molecule has 0 amide bonds. The second-order valence-corrected chi connectivity index (χ2v) is 4.34. The summed E-state index contributed by atoms with van der Waals surface area (Å²) in [6, 6.07) is 4.64. The third-order valence-electron chi connectivity index (χ3n) is 2.62. The summed E-state index contributed by atoms with van der Waals surface area (Å²) in [5.74, 6) is -0.501. The Morgan fingerprint density at radius 2 is 1.86 bits per heavy atom. The maximum absolute atomic E-state index is 12.4. The molecule has 0 aliphatic heterocycles. The van der Waals surface area contributed by atoms with Crippen LogP contribution in [0, 0.1) is 0 Å². The quantitative estimate of drug-likeness (QED) is 0.836. The number of carbonyl (C=O) groups is 1. The van der Waals surface area contributed by atoms with E-state index in [1.807, 2.05) is 0 Å². The first-order chi connectivity index (χ1) is 9.75. The fourth-order valence-electron chi connectivity index (χ4n) is 1.85. The lowest BCUT2D eigenvalue weighted by Crippen LogP contribution is -2.37. The minimum absolute atomic E-state index is 0.161. The Balaban J connectivity index is 2.89. The zero-order valence-corrected chi connectivity index (χ0v) is 11.6. The average Bonchev–Trinajstić information content (AvgIpc) is 2.35. The summed E-state index contributed by atoms with van der Waals surface area (Å²) < 4.78 is 47.4. The number of carboxylic acids is 1. The molecule has 0 atom stereocenters. The molecule has 0 saturated heterocycles. The van der Waals surface area contributed by atoms with Gasteiger partial charge in [-0.3, -0.25) is 9.69 Å². The van der Waals surface area contributed by atoms with Crippen molar-refractivity contribution in [1.82, 2.24) is 4.90 Å². The molecule has 1 aromatic carbocycles. The van der Waals surface area contributed by atoms with Crippen molar-refractivity contribution >= 4 is 5.97 Å². The summed E-state index contributed by atoms with van der Waals surface area (Å²) in [7, 11) is 2.85. The topological polar surface area (TPSA) is 59.0 Å². The molecule has 0 saturated carbocycles. The van der Waals surface area contributed by atoms with Crippen molar-refractivity contribution in [3.8, 4) is 11.5 Å². The maximum atomic E-state index is 12.4. The number of nitrogens with zero attached hydrogens (tertiary/aromatic N) is 1. The number of rotatable bonds is 7. The normalized spacial score (nSPS) is 11.5. The lowest BCUT2D eigenvalue weighted by Gasteiger charge is -2.22. The molecule has 0 aliphatic carbocycles. The smallest absolute Gasteiger partial charge is 0.401 e. The van der Waals surface area contributed by atoms with Crippen LogP contribution in [0.1, 0.15) is 5.56 Å². The van der Waals surface area contributed by atoms with Crippen molar-refractivity contribution in [2.45, 2.75) is 12.7 Å². The molecule has 0 aliphatic rings. The summed E-state index contributed by atoms with van der Waals surface area (Å²) in [5.41, 5.74) is 0.498. The van der Waals surface area contributed by atoms with E-state index in [-0.39, 0.29) is 6.54 Å². The molecule has 21 heavy (non-hydrogen) atoms. The van der Waals surface area contributed by atoms with Gasteiger partial charge in [-0.05, 0) is 17.7 Å². The molecule has 0 spiro atoms. The van der Waals surface area contributed by atoms with Crippen LogP contribution in [0.25, 0.3) is 0 Å². The van der Waals surface area contributed by atoms with Crippen LogP contribution >= 0.6 is 0 Å². The van der Waals surface area contributed by atoms with Gasteiger partial charge in [-0.25, -0.2) is 0 Å². The first kappa shape index (κ1) is 17.1. The van der Waals surface area contributed by atoms with Gasteiger partial charge in [0.05, 0.1) is 27.3 Å². The third-order valence-corrected chi connectivity index (χ3v) is 2.62. The van der Waals surface area contributed by atoms with Gasteiger partial charge in [-0.1, -0.05) is 6.07 Å². The maximum Gasteiger partial charge on any atom is 0.401 e. The van der Waals surface area contributed by atoms with E-state index in [4.69, 9.17) is 14.6 Å². The van der Waals surface area contributed by atoms with Gasteiger partial charge in [-0.2, -0.15) is 13.2 Å². The van der Waals surface area contributed by atoms with Gasteiger partial charge in [0, 0.05) is 6.54 Å². The first-order valence-corrected chi connectivity index (χ1v) is 5.97. The van der Waals surface area contributed by atoms with E-state index >= 15 is 0 Å². The van der Waals surface area contributed by atoms with E-state index in [9.17, 15) is 18.0 Å². The summed E-state index contributed by atoms with van der Waals surface area (Å²) in [4.78, 5) is 11.5. The van der Waals surface area contributed by atoms with E-state index in [1.54, 1.807) is 12.1 Å². The Hall–Kier alpha value is -1.96. The molecule has 0 bridgehead atoms. The van der Waals surface area contributed by atoms with Gasteiger partial charge in [-0.15, -0.1) is 0 Å². The Morgan fingerprint density at radius 1 is 1.24 bits per heavy atom. The number of carboxylic acid groups (broad SMARTS) is 1. The minimum atomic E-state index is -4.47. The molecule has 1 N–H and O–H groups in total. The highest BCUT2D eigenvalue weighted by Gasteiger charge is 2.31. The van der Waals surface area contributed by atoms with Crippen molar-refractivity contribution in [3.63, 3.8) is 0 Å². The highest BCUT2D eigenvalue weighted by Crippen LogP contribution is 2.28. The zero-order valence-electron chi connectivity index (χ0n) is 11.6. The second-order valence-electron chi connectivity index (χ2n) is 4.34. The van der Waals surface area contributed by atoms with Crippen molar-refractivity contribution in [1.29, 1.82) is 0 Å². The number of methoxy groups -OCH3 is 2. The van der Waals surface area contributed by atoms with Crippen LogP contribution in [-0.4, -0.2) is 49.5 Å². The lowest BCUT2D eigenvalue weighted by molar-refractivity contribution is -0.154. The SMILES string of the molecule is COc1ccc(CN(CC(=O)O)CC(F)(F)F)cc1OC. The van der Waals surface area contributed by atoms with Crippen LogP contribution in [0.15, 0.2) is 18.2 Å². The number of hydrogen-bond acceptors (Lipinski definition) is 4. The van der Waals surface area contributed by atoms with Crippen LogP contribution in [0.3, 0.4) is 0 Å². The average molecular weight is 307 g/mol. The Labute approximate surface area is 119 Å². The van der Waals surface area contributed by atoms with Crippen molar-refractivity contribution < 1.29 is 32.5 Å². The number of aliphatic carboxylic acids is 1. The monoisotopic (exact) mass is 307 g/mol. The summed E-state index contributed by atoms with van der Waals surface area (Å²) >= 11 is 0. The highest BCUT2D eigenvalue weighted by atomic mass is 19.4. The molecule has 5 nitrogen and oxygen atoms in total. The molecule has 0 aromatic heterocycles.